The van der Waals surface area contributed by atoms with Crippen molar-refractivity contribution < 1.29 is 0 Å². The van der Waals surface area contributed by atoms with Gasteiger partial charge in [-0.25, -0.2) is 15.0 Å². The molecule has 0 spiro atoms. The van der Waals surface area contributed by atoms with Crippen molar-refractivity contribution >= 4 is 21.7 Å². The highest BCUT2D eigenvalue weighted by Gasteiger charge is 2.10. The van der Waals surface area contributed by atoms with Crippen LogP contribution in [-0.4, -0.2) is 26.6 Å². The first-order valence-corrected chi connectivity index (χ1v) is 5.22. The Balaban J connectivity index is 2.59. The number of aryl methyl sites for hydroxylation is 1. The number of aromatic nitrogens is 4. The van der Waals surface area contributed by atoms with Gasteiger partial charge in [-0.2, -0.15) is 0 Å². The number of rotatable bonds is 2. The molecule has 0 saturated carbocycles. The van der Waals surface area contributed by atoms with Gasteiger partial charge in [0.05, 0.1) is 0 Å². The molecule has 0 amide bonds. The minimum Gasteiger partial charge on any atom is -0.372 e. The van der Waals surface area contributed by atoms with E-state index in [0.717, 1.165) is 21.9 Å². The highest BCUT2D eigenvalue weighted by atomic mass is 79.9. The summed E-state index contributed by atoms with van der Waals surface area (Å²) in [6, 6.07) is 0. The van der Waals surface area contributed by atoms with E-state index in [2.05, 4.69) is 36.2 Å². The predicted molar refractivity (Wildman–Crippen MR) is 61.1 cm³/mol. The quantitative estimate of drug-likeness (QED) is 0.901. The molecule has 78 valence electrons. The SMILES string of the molecule is CNc1ncnc(-n2ccnc2C)c1Br. The van der Waals surface area contributed by atoms with Crippen molar-refractivity contribution in [2.45, 2.75) is 6.92 Å². The van der Waals surface area contributed by atoms with Crippen molar-refractivity contribution in [3.05, 3.63) is 29.0 Å². The highest BCUT2D eigenvalue weighted by Crippen LogP contribution is 2.25. The molecule has 2 rings (SSSR count). The Hall–Kier alpha value is -1.43. The zero-order valence-electron chi connectivity index (χ0n) is 8.40. The van der Waals surface area contributed by atoms with Crippen molar-refractivity contribution in [3.8, 4) is 5.82 Å². The van der Waals surface area contributed by atoms with E-state index in [0.29, 0.717) is 0 Å². The normalized spacial score (nSPS) is 10.3. The second kappa shape index (κ2) is 3.98. The number of hydrogen-bond acceptors (Lipinski definition) is 4. The summed E-state index contributed by atoms with van der Waals surface area (Å²) in [5, 5.41) is 2.99. The summed E-state index contributed by atoms with van der Waals surface area (Å²) < 4.78 is 2.72. The fourth-order valence-corrected chi connectivity index (χ4v) is 1.90. The first kappa shape index (κ1) is 10.1. The maximum Gasteiger partial charge on any atom is 0.158 e. The molecule has 2 heterocycles. The Bertz CT molecular complexity index is 479. The van der Waals surface area contributed by atoms with E-state index in [9.17, 15) is 0 Å². The van der Waals surface area contributed by atoms with Gasteiger partial charge in [0.25, 0.3) is 0 Å². The van der Waals surface area contributed by atoms with Crippen LogP contribution in [0.1, 0.15) is 5.82 Å². The van der Waals surface area contributed by atoms with E-state index in [4.69, 9.17) is 0 Å². The molecule has 6 heteroatoms. The minimum atomic E-state index is 0.758. The molecule has 5 nitrogen and oxygen atoms in total. The maximum absolute atomic E-state index is 4.22. The molecule has 0 saturated heterocycles. The Morgan fingerprint density at radius 2 is 2.13 bits per heavy atom. The van der Waals surface area contributed by atoms with Crippen LogP contribution in [0.4, 0.5) is 5.82 Å². The van der Waals surface area contributed by atoms with Crippen LogP contribution in [0.15, 0.2) is 23.2 Å². The van der Waals surface area contributed by atoms with Crippen molar-refractivity contribution in [2.24, 2.45) is 0 Å². The van der Waals surface area contributed by atoms with Gasteiger partial charge in [0.1, 0.15) is 22.4 Å². The monoisotopic (exact) mass is 267 g/mol. The molecule has 0 unspecified atom stereocenters. The molecule has 0 bridgehead atoms. The Kier molecular flexibility index (Phi) is 2.68. The van der Waals surface area contributed by atoms with E-state index < -0.39 is 0 Å². The van der Waals surface area contributed by atoms with E-state index in [1.807, 2.05) is 24.7 Å². The Morgan fingerprint density at radius 1 is 1.33 bits per heavy atom. The lowest BCUT2D eigenvalue weighted by molar-refractivity contribution is 0.913. The molecule has 2 aromatic rings. The van der Waals surface area contributed by atoms with Gasteiger partial charge in [-0.15, -0.1) is 0 Å². The maximum atomic E-state index is 4.22. The smallest absolute Gasteiger partial charge is 0.158 e. The van der Waals surface area contributed by atoms with Gasteiger partial charge in [-0.05, 0) is 22.9 Å². The molecule has 0 fully saturated rings. The van der Waals surface area contributed by atoms with Crippen molar-refractivity contribution in [3.63, 3.8) is 0 Å². The summed E-state index contributed by atoms with van der Waals surface area (Å²) in [6.45, 7) is 1.92. The van der Waals surface area contributed by atoms with Crippen LogP contribution in [0.5, 0.6) is 0 Å². The van der Waals surface area contributed by atoms with Crippen LogP contribution in [0.3, 0.4) is 0 Å². The first-order chi connectivity index (χ1) is 7.24. The van der Waals surface area contributed by atoms with Crippen LogP contribution >= 0.6 is 15.9 Å². The molecule has 2 aromatic heterocycles. The standard InChI is InChI=1S/C9H10BrN5/c1-6-12-3-4-15(6)9-7(10)8(11-2)13-5-14-9/h3-5H,1-2H3,(H,11,13,14). The number of nitrogens with one attached hydrogen (secondary N) is 1. The summed E-state index contributed by atoms with van der Waals surface area (Å²) in [6.07, 6.45) is 5.12. The molecular formula is C9H10BrN5. The second-order valence-corrected chi connectivity index (χ2v) is 3.75. The van der Waals surface area contributed by atoms with Gasteiger partial charge >= 0.3 is 0 Å². The molecule has 15 heavy (non-hydrogen) atoms. The number of nitrogens with zero attached hydrogens (tertiary/aromatic N) is 4. The fourth-order valence-electron chi connectivity index (χ4n) is 1.30. The first-order valence-electron chi connectivity index (χ1n) is 4.42. The summed E-state index contributed by atoms with van der Waals surface area (Å²) in [7, 11) is 1.82. The summed E-state index contributed by atoms with van der Waals surface area (Å²) in [5.41, 5.74) is 0. The molecular weight excluding hydrogens is 258 g/mol. The van der Waals surface area contributed by atoms with Crippen LogP contribution in [0.2, 0.25) is 0 Å². The zero-order chi connectivity index (χ0) is 10.8. The topological polar surface area (TPSA) is 55.6 Å². The number of anilines is 1. The molecule has 0 aromatic carbocycles. The molecule has 1 N–H and O–H groups in total. The Labute approximate surface area is 95.7 Å². The van der Waals surface area contributed by atoms with Gasteiger partial charge in [0.15, 0.2) is 5.82 Å². The van der Waals surface area contributed by atoms with Gasteiger partial charge in [0.2, 0.25) is 0 Å². The third kappa shape index (κ3) is 1.72. The van der Waals surface area contributed by atoms with Gasteiger partial charge in [0, 0.05) is 19.4 Å². The summed E-state index contributed by atoms with van der Waals surface area (Å²) in [4.78, 5) is 12.5. The van der Waals surface area contributed by atoms with E-state index in [-0.39, 0.29) is 0 Å². The van der Waals surface area contributed by atoms with E-state index >= 15 is 0 Å². The third-order valence-electron chi connectivity index (χ3n) is 2.06. The number of hydrogen-bond donors (Lipinski definition) is 1. The van der Waals surface area contributed by atoms with E-state index in [1.165, 1.54) is 6.33 Å². The lowest BCUT2D eigenvalue weighted by atomic mass is 10.5. The lowest BCUT2D eigenvalue weighted by Gasteiger charge is -2.08. The second-order valence-electron chi connectivity index (χ2n) is 2.95. The van der Waals surface area contributed by atoms with Gasteiger partial charge in [-0.1, -0.05) is 0 Å². The van der Waals surface area contributed by atoms with Crippen molar-refractivity contribution in [1.82, 2.24) is 19.5 Å². The van der Waals surface area contributed by atoms with Crippen LogP contribution in [-0.2, 0) is 0 Å². The van der Waals surface area contributed by atoms with Gasteiger partial charge < -0.3 is 5.32 Å². The van der Waals surface area contributed by atoms with Crippen LogP contribution < -0.4 is 5.32 Å². The van der Waals surface area contributed by atoms with Crippen molar-refractivity contribution in [2.75, 3.05) is 12.4 Å². The molecule has 0 aliphatic heterocycles. The average Bonchev–Trinajstić information content (AvgIpc) is 2.65. The minimum absolute atomic E-state index is 0.758. The summed E-state index contributed by atoms with van der Waals surface area (Å²) >= 11 is 3.46. The van der Waals surface area contributed by atoms with Gasteiger partial charge in [-0.3, -0.25) is 4.57 Å². The Morgan fingerprint density at radius 3 is 2.73 bits per heavy atom. The van der Waals surface area contributed by atoms with E-state index in [1.54, 1.807) is 6.20 Å². The lowest BCUT2D eigenvalue weighted by Crippen LogP contribution is -2.03. The number of halogens is 1. The average molecular weight is 268 g/mol. The zero-order valence-corrected chi connectivity index (χ0v) is 9.98. The molecule has 0 radical (unpaired) electrons. The number of imidazole rings is 1. The van der Waals surface area contributed by atoms with Crippen LogP contribution in [0, 0.1) is 6.92 Å². The molecule has 0 aliphatic carbocycles. The fraction of sp³-hybridized carbons (Fsp3) is 0.222. The molecule has 0 atom stereocenters. The highest BCUT2D eigenvalue weighted by molar-refractivity contribution is 9.10. The molecule has 0 aliphatic rings. The third-order valence-corrected chi connectivity index (χ3v) is 2.79. The summed E-state index contributed by atoms with van der Waals surface area (Å²) in [5.74, 6) is 2.42. The van der Waals surface area contributed by atoms with Crippen LogP contribution in [0.25, 0.3) is 5.82 Å². The van der Waals surface area contributed by atoms with Crippen molar-refractivity contribution in [1.29, 1.82) is 0 Å². The largest absolute Gasteiger partial charge is 0.372 e. The predicted octanol–water partition coefficient (Wildman–Crippen LogP) is 1.77.